The maximum absolute atomic E-state index is 13.1. The third-order valence-corrected chi connectivity index (χ3v) is 4.27. The molecule has 2 aromatic carbocycles. The molecule has 1 heterocycles. The zero-order valence-electron chi connectivity index (χ0n) is 11.0. The van der Waals surface area contributed by atoms with E-state index in [-0.39, 0.29) is 17.5 Å². The Labute approximate surface area is 124 Å². The van der Waals surface area contributed by atoms with Crippen molar-refractivity contribution in [2.75, 3.05) is 5.32 Å². The van der Waals surface area contributed by atoms with Gasteiger partial charge in [0.25, 0.3) is 5.91 Å². The number of para-hydroxylation sites is 1. The van der Waals surface area contributed by atoms with Gasteiger partial charge in [0.1, 0.15) is 17.0 Å². The lowest BCUT2D eigenvalue weighted by Crippen LogP contribution is -2.07. The van der Waals surface area contributed by atoms with Gasteiger partial charge in [0.2, 0.25) is 0 Å². The van der Waals surface area contributed by atoms with Crippen molar-refractivity contribution >= 4 is 28.3 Å². The van der Waals surface area contributed by atoms with Crippen molar-refractivity contribution in [2.45, 2.75) is 5.75 Å². The molecule has 3 rings (SSSR count). The predicted molar refractivity (Wildman–Crippen MR) is 81.3 cm³/mol. The molecule has 1 N–H and O–H groups in total. The number of amides is 1. The Morgan fingerprint density at radius 1 is 1.19 bits per heavy atom. The molecule has 0 radical (unpaired) electrons. The Hall–Kier alpha value is -2.11. The SMILES string of the molecule is O=C1Nc2ccccc2C1=C[S+]([O-])Cc1cccc(F)c1. The standard InChI is InChI=1S/C16H12FNO2S/c17-12-5-3-4-11(8-12)9-21(20)10-14-13-6-1-2-7-15(13)18-16(14)19/h1-8,10H,9H2,(H,18,19). The lowest BCUT2D eigenvalue weighted by molar-refractivity contribution is -0.110. The van der Waals surface area contributed by atoms with Gasteiger partial charge < -0.3 is 9.87 Å². The van der Waals surface area contributed by atoms with Gasteiger partial charge in [-0.15, -0.1) is 0 Å². The molecule has 0 spiro atoms. The van der Waals surface area contributed by atoms with Gasteiger partial charge in [0, 0.05) is 16.8 Å². The van der Waals surface area contributed by atoms with E-state index in [1.165, 1.54) is 17.5 Å². The number of rotatable bonds is 3. The zero-order valence-corrected chi connectivity index (χ0v) is 11.8. The molecule has 0 saturated heterocycles. The van der Waals surface area contributed by atoms with Crippen LogP contribution in [0.25, 0.3) is 5.57 Å². The largest absolute Gasteiger partial charge is 0.612 e. The van der Waals surface area contributed by atoms with Crippen LogP contribution in [0.5, 0.6) is 0 Å². The quantitative estimate of drug-likeness (QED) is 0.699. The number of carbonyl (C=O) groups is 1. The van der Waals surface area contributed by atoms with Crippen molar-refractivity contribution in [1.29, 1.82) is 0 Å². The Bertz CT molecular complexity index is 730. The maximum Gasteiger partial charge on any atom is 0.260 e. The maximum atomic E-state index is 13.1. The number of anilines is 1. The number of halogens is 1. The first-order valence-corrected chi connectivity index (χ1v) is 7.76. The van der Waals surface area contributed by atoms with Crippen LogP contribution in [0, 0.1) is 5.82 Å². The number of benzene rings is 2. The van der Waals surface area contributed by atoms with Gasteiger partial charge in [-0.1, -0.05) is 30.3 Å². The summed E-state index contributed by atoms with van der Waals surface area (Å²) in [6.45, 7) is 0. The molecule has 1 unspecified atom stereocenters. The number of hydrogen-bond acceptors (Lipinski definition) is 2. The number of hydrogen-bond donors (Lipinski definition) is 1. The minimum absolute atomic E-state index is 0.177. The van der Waals surface area contributed by atoms with E-state index in [1.54, 1.807) is 24.3 Å². The smallest absolute Gasteiger partial charge is 0.260 e. The molecular formula is C16H12FNO2S. The molecule has 0 aromatic heterocycles. The van der Waals surface area contributed by atoms with Crippen LogP contribution in [-0.2, 0) is 21.7 Å². The molecule has 1 amide bonds. The van der Waals surface area contributed by atoms with Gasteiger partial charge in [0.15, 0.2) is 0 Å². The normalized spacial score (nSPS) is 16.7. The van der Waals surface area contributed by atoms with Gasteiger partial charge in [-0.3, -0.25) is 4.79 Å². The molecule has 3 nitrogen and oxygen atoms in total. The highest BCUT2D eigenvalue weighted by molar-refractivity contribution is 7.93. The Balaban J connectivity index is 1.83. The van der Waals surface area contributed by atoms with E-state index < -0.39 is 11.2 Å². The summed E-state index contributed by atoms with van der Waals surface area (Å²) in [6.07, 6.45) is 0. The van der Waals surface area contributed by atoms with Crippen molar-refractivity contribution in [3.63, 3.8) is 0 Å². The van der Waals surface area contributed by atoms with Gasteiger partial charge in [0.05, 0.1) is 5.57 Å². The molecule has 0 fully saturated rings. The average molecular weight is 301 g/mol. The summed E-state index contributed by atoms with van der Waals surface area (Å²) < 4.78 is 25.3. The van der Waals surface area contributed by atoms with Crippen molar-refractivity contribution in [3.8, 4) is 0 Å². The average Bonchev–Trinajstić information content (AvgIpc) is 2.75. The van der Waals surface area contributed by atoms with E-state index in [0.29, 0.717) is 11.1 Å². The topological polar surface area (TPSA) is 52.2 Å². The first-order chi connectivity index (χ1) is 10.1. The first kappa shape index (κ1) is 13.9. The number of carbonyl (C=O) groups excluding carboxylic acids is 1. The molecule has 1 aliphatic heterocycles. The molecule has 2 aromatic rings. The van der Waals surface area contributed by atoms with Crippen LogP contribution in [0.2, 0.25) is 0 Å². The molecular weight excluding hydrogens is 289 g/mol. The summed E-state index contributed by atoms with van der Waals surface area (Å²) in [5.41, 5.74) is 2.50. The molecule has 0 aliphatic carbocycles. The third-order valence-electron chi connectivity index (χ3n) is 3.16. The van der Waals surface area contributed by atoms with Crippen LogP contribution >= 0.6 is 0 Å². The Morgan fingerprint density at radius 2 is 2.00 bits per heavy atom. The van der Waals surface area contributed by atoms with Gasteiger partial charge in [-0.2, -0.15) is 0 Å². The second kappa shape index (κ2) is 5.71. The van der Waals surface area contributed by atoms with E-state index >= 15 is 0 Å². The van der Waals surface area contributed by atoms with Crippen LogP contribution in [0.15, 0.2) is 53.9 Å². The fourth-order valence-electron chi connectivity index (χ4n) is 2.22. The van der Waals surface area contributed by atoms with E-state index in [2.05, 4.69) is 5.32 Å². The summed E-state index contributed by atoms with van der Waals surface area (Å²) in [7, 11) is 0. The van der Waals surface area contributed by atoms with Crippen molar-refractivity contribution in [3.05, 3.63) is 70.9 Å². The zero-order chi connectivity index (χ0) is 14.8. The van der Waals surface area contributed by atoms with Crippen LogP contribution in [-0.4, -0.2) is 10.5 Å². The molecule has 0 bridgehead atoms. The molecule has 21 heavy (non-hydrogen) atoms. The summed E-state index contributed by atoms with van der Waals surface area (Å²) >= 11 is -1.39. The monoisotopic (exact) mass is 301 g/mol. The second-order valence-corrected chi connectivity index (χ2v) is 5.97. The summed E-state index contributed by atoms with van der Waals surface area (Å²) in [5.74, 6) is -0.443. The van der Waals surface area contributed by atoms with Crippen LogP contribution < -0.4 is 5.32 Å². The van der Waals surface area contributed by atoms with Gasteiger partial charge in [-0.05, 0) is 29.4 Å². The minimum Gasteiger partial charge on any atom is -0.612 e. The number of nitrogens with one attached hydrogen (secondary N) is 1. The fourth-order valence-corrected chi connectivity index (χ4v) is 3.31. The van der Waals surface area contributed by atoms with Crippen LogP contribution in [0.4, 0.5) is 10.1 Å². The molecule has 0 saturated carbocycles. The summed E-state index contributed by atoms with van der Waals surface area (Å²) in [5, 5.41) is 4.16. The molecule has 5 heteroatoms. The van der Waals surface area contributed by atoms with Gasteiger partial charge >= 0.3 is 0 Å². The van der Waals surface area contributed by atoms with Crippen molar-refractivity contribution < 1.29 is 13.7 Å². The minimum atomic E-state index is -1.39. The van der Waals surface area contributed by atoms with Crippen molar-refractivity contribution in [1.82, 2.24) is 0 Å². The molecule has 1 atom stereocenters. The lowest BCUT2D eigenvalue weighted by Gasteiger charge is -2.07. The van der Waals surface area contributed by atoms with Gasteiger partial charge in [-0.25, -0.2) is 4.39 Å². The van der Waals surface area contributed by atoms with E-state index in [1.807, 2.05) is 12.1 Å². The summed E-state index contributed by atoms with van der Waals surface area (Å²) in [6, 6.07) is 13.2. The lowest BCUT2D eigenvalue weighted by atomic mass is 10.1. The summed E-state index contributed by atoms with van der Waals surface area (Å²) in [4.78, 5) is 11.9. The van der Waals surface area contributed by atoms with E-state index in [9.17, 15) is 13.7 Å². The predicted octanol–water partition coefficient (Wildman–Crippen LogP) is 3.07. The van der Waals surface area contributed by atoms with Crippen LogP contribution in [0.3, 0.4) is 0 Å². The second-order valence-electron chi connectivity index (χ2n) is 4.69. The van der Waals surface area contributed by atoms with E-state index in [0.717, 1.165) is 11.3 Å². The van der Waals surface area contributed by atoms with Crippen molar-refractivity contribution in [2.24, 2.45) is 0 Å². The highest BCUT2D eigenvalue weighted by Gasteiger charge is 2.26. The fraction of sp³-hybridized carbons (Fsp3) is 0.0625. The van der Waals surface area contributed by atoms with Crippen LogP contribution in [0.1, 0.15) is 11.1 Å². The highest BCUT2D eigenvalue weighted by Crippen LogP contribution is 2.32. The molecule has 1 aliphatic rings. The van der Waals surface area contributed by atoms with E-state index in [4.69, 9.17) is 0 Å². The first-order valence-electron chi connectivity index (χ1n) is 6.38. The Morgan fingerprint density at radius 3 is 2.81 bits per heavy atom. The highest BCUT2D eigenvalue weighted by atomic mass is 32.2. The molecule has 106 valence electrons. The third kappa shape index (κ3) is 2.99. The Kier molecular flexibility index (Phi) is 3.77. The number of fused-ring (bicyclic) bond motifs is 1.